The molecule has 198 valence electrons. The van der Waals surface area contributed by atoms with Crippen molar-refractivity contribution in [3.63, 3.8) is 0 Å². The molecule has 14 nitrogen and oxygen atoms in total. The SMILES string of the molecule is CN1[C@@H]2CC[C@H]1C[C@@H](OC(=O)Nc1nc(Cl)nc3c1ncn3C1OC(CCP(=O)(O)O)C(O)C1O)C2. The van der Waals surface area contributed by atoms with Crippen LogP contribution >= 0.6 is 19.2 Å². The number of halogens is 1. The molecule has 2 bridgehead atoms. The van der Waals surface area contributed by atoms with Gasteiger partial charge in [-0.15, -0.1) is 0 Å². The summed E-state index contributed by atoms with van der Waals surface area (Å²) in [6.07, 6.45) is -1.61. The van der Waals surface area contributed by atoms with Crippen molar-refractivity contribution in [2.45, 2.75) is 74.8 Å². The Morgan fingerprint density at radius 2 is 1.94 bits per heavy atom. The van der Waals surface area contributed by atoms with Crippen molar-refractivity contribution >= 4 is 42.3 Å². The van der Waals surface area contributed by atoms with E-state index in [4.69, 9.17) is 30.9 Å². The topological polar surface area (TPSA) is 192 Å². The van der Waals surface area contributed by atoms with Gasteiger partial charge in [-0.05, 0) is 37.9 Å². The third-order valence-electron chi connectivity index (χ3n) is 7.26. The van der Waals surface area contributed by atoms with Crippen molar-refractivity contribution in [2.75, 3.05) is 18.5 Å². The van der Waals surface area contributed by atoms with Crippen molar-refractivity contribution in [2.24, 2.45) is 0 Å². The Morgan fingerprint density at radius 1 is 1.25 bits per heavy atom. The Kier molecular flexibility index (Phi) is 6.98. The van der Waals surface area contributed by atoms with E-state index >= 15 is 0 Å². The predicted molar refractivity (Wildman–Crippen MR) is 125 cm³/mol. The number of carbonyl (C=O) groups is 1. The molecule has 3 aliphatic heterocycles. The molecule has 2 aromatic heterocycles. The number of anilines is 1. The van der Waals surface area contributed by atoms with Crippen LogP contribution in [-0.4, -0.2) is 100 Å². The first kappa shape index (κ1) is 25.7. The molecule has 5 N–H and O–H groups in total. The third kappa shape index (κ3) is 5.09. The molecule has 5 rings (SSSR count). The number of amides is 1. The van der Waals surface area contributed by atoms with Crippen LogP contribution in [0.5, 0.6) is 0 Å². The minimum atomic E-state index is -4.31. The molecule has 2 aromatic rings. The van der Waals surface area contributed by atoms with Gasteiger partial charge in [0.05, 0.1) is 18.6 Å². The van der Waals surface area contributed by atoms with Gasteiger partial charge in [0.2, 0.25) is 5.28 Å². The fourth-order valence-corrected chi connectivity index (χ4v) is 6.15. The number of aliphatic hydroxyl groups is 2. The summed E-state index contributed by atoms with van der Waals surface area (Å²) in [6.45, 7) is 0. The lowest BCUT2D eigenvalue weighted by atomic mass is 10.0. The highest BCUT2D eigenvalue weighted by molar-refractivity contribution is 7.51. The van der Waals surface area contributed by atoms with Gasteiger partial charge < -0.3 is 34.4 Å². The normalized spacial score (nSPS) is 32.8. The van der Waals surface area contributed by atoms with Crippen LogP contribution in [0, 0.1) is 0 Å². The molecule has 3 aliphatic rings. The molecule has 5 heterocycles. The van der Waals surface area contributed by atoms with Crippen molar-refractivity contribution in [3.05, 3.63) is 11.6 Å². The van der Waals surface area contributed by atoms with E-state index in [1.165, 1.54) is 10.9 Å². The number of imidazole rings is 1. The van der Waals surface area contributed by atoms with E-state index in [0.717, 1.165) is 25.7 Å². The van der Waals surface area contributed by atoms with Gasteiger partial charge in [-0.1, -0.05) is 0 Å². The molecule has 0 aliphatic carbocycles. The van der Waals surface area contributed by atoms with Crippen LogP contribution < -0.4 is 5.32 Å². The van der Waals surface area contributed by atoms with Crippen LogP contribution in [0.3, 0.4) is 0 Å². The fraction of sp³-hybridized carbons (Fsp3) is 0.700. The molecule has 0 aromatic carbocycles. The van der Waals surface area contributed by atoms with Crippen molar-refractivity contribution in [1.29, 1.82) is 0 Å². The Morgan fingerprint density at radius 3 is 2.61 bits per heavy atom. The Labute approximate surface area is 210 Å². The Balaban J connectivity index is 1.31. The van der Waals surface area contributed by atoms with Crippen LogP contribution in [0.4, 0.5) is 10.6 Å². The van der Waals surface area contributed by atoms with Crippen molar-refractivity contribution in [1.82, 2.24) is 24.4 Å². The molecule has 3 fully saturated rings. The second-order valence-electron chi connectivity index (χ2n) is 9.56. The lowest BCUT2D eigenvalue weighted by Crippen LogP contribution is -2.43. The summed E-state index contributed by atoms with van der Waals surface area (Å²) in [7, 11) is -2.22. The number of aromatic nitrogens is 4. The van der Waals surface area contributed by atoms with E-state index in [-0.39, 0.29) is 34.8 Å². The molecule has 0 saturated carbocycles. The number of carbonyl (C=O) groups excluding carboxylic acids is 1. The smallest absolute Gasteiger partial charge is 0.413 e. The number of fused-ring (bicyclic) bond motifs is 3. The fourth-order valence-electron chi connectivity index (χ4n) is 5.39. The van der Waals surface area contributed by atoms with Gasteiger partial charge in [0.25, 0.3) is 0 Å². The summed E-state index contributed by atoms with van der Waals surface area (Å²) in [6, 6.07) is 0.798. The largest absolute Gasteiger partial charge is 0.446 e. The van der Waals surface area contributed by atoms with Crippen LogP contribution in [-0.2, 0) is 14.0 Å². The maximum absolute atomic E-state index is 12.7. The number of hydrogen-bond donors (Lipinski definition) is 5. The highest BCUT2D eigenvalue weighted by Gasteiger charge is 2.45. The number of nitrogens with one attached hydrogen (secondary N) is 1. The van der Waals surface area contributed by atoms with E-state index in [1.54, 1.807) is 0 Å². The molecular formula is C20H28ClN6O8P. The van der Waals surface area contributed by atoms with E-state index in [1.807, 2.05) is 0 Å². The lowest BCUT2D eigenvalue weighted by Gasteiger charge is -2.35. The number of nitrogens with zero attached hydrogens (tertiary/aromatic N) is 5. The molecule has 7 atom stereocenters. The van der Waals surface area contributed by atoms with Crippen LogP contribution in [0.15, 0.2) is 6.33 Å². The first-order chi connectivity index (χ1) is 17.0. The number of ether oxygens (including phenoxy) is 2. The predicted octanol–water partition coefficient (Wildman–Crippen LogP) is 0.840. The van der Waals surface area contributed by atoms with Gasteiger partial charge in [0.1, 0.15) is 18.3 Å². The summed E-state index contributed by atoms with van der Waals surface area (Å²) in [5.74, 6) is 0.00994. The highest BCUT2D eigenvalue weighted by Crippen LogP contribution is 2.40. The lowest BCUT2D eigenvalue weighted by molar-refractivity contribution is -0.0355. The quantitative estimate of drug-likeness (QED) is 0.253. The van der Waals surface area contributed by atoms with Gasteiger partial charge in [0.15, 0.2) is 23.2 Å². The number of hydrogen-bond acceptors (Lipinski definition) is 10. The zero-order valence-corrected chi connectivity index (χ0v) is 21.0. The Bertz CT molecular complexity index is 1180. The molecule has 0 radical (unpaired) electrons. The van der Waals surface area contributed by atoms with Gasteiger partial charge in [0, 0.05) is 24.9 Å². The molecule has 3 saturated heterocycles. The molecular weight excluding hydrogens is 519 g/mol. The molecule has 1 amide bonds. The molecule has 4 unspecified atom stereocenters. The zero-order chi connectivity index (χ0) is 25.8. The van der Waals surface area contributed by atoms with Crippen LogP contribution in [0.25, 0.3) is 11.2 Å². The summed E-state index contributed by atoms with van der Waals surface area (Å²) < 4.78 is 23.9. The zero-order valence-electron chi connectivity index (χ0n) is 19.3. The highest BCUT2D eigenvalue weighted by atomic mass is 35.5. The summed E-state index contributed by atoms with van der Waals surface area (Å²) in [4.78, 5) is 45.6. The number of rotatable bonds is 6. The van der Waals surface area contributed by atoms with Crippen molar-refractivity contribution < 1.29 is 38.8 Å². The average molecular weight is 547 g/mol. The van der Waals surface area contributed by atoms with Gasteiger partial charge in [-0.2, -0.15) is 9.97 Å². The van der Waals surface area contributed by atoms with Gasteiger partial charge >= 0.3 is 13.7 Å². The molecule has 36 heavy (non-hydrogen) atoms. The standard InChI is InChI=1S/C20H28ClN6O8P/c1-26-9-2-3-10(26)7-11(6-9)34-20(30)24-16-13-17(25-19(21)23-16)27(8-22-13)18-15(29)14(28)12(35-18)4-5-36(31,32)33/h8-12,14-15,18,28-29H,2-7H2,1H3,(H2,31,32,33)(H,23,24,25,30)/t9-,10+,11+,12?,14?,15?,18?. The maximum Gasteiger partial charge on any atom is 0.413 e. The molecule has 16 heteroatoms. The van der Waals surface area contributed by atoms with Crippen LogP contribution in [0.1, 0.15) is 38.3 Å². The van der Waals surface area contributed by atoms with Gasteiger partial charge in [-0.25, -0.2) is 9.78 Å². The monoisotopic (exact) mass is 546 g/mol. The third-order valence-corrected chi connectivity index (χ3v) is 8.27. The molecule has 0 spiro atoms. The minimum absolute atomic E-state index is 0.00994. The number of piperidine rings is 1. The van der Waals surface area contributed by atoms with E-state index in [9.17, 15) is 19.6 Å². The van der Waals surface area contributed by atoms with E-state index < -0.39 is 44.4 Å². The first-order valence-electron chi connectivity index (χ1n) is 11.7. The summed E-state index contributed by atoms with van der Waals surface area (Å²) in [5, 5.41) is 23.2. The van der Waals surface area contributed by atoms with E-state index in [2.05, 4.69) is 32.2 Å². The van der Waals surface area contributed by atoms with Crippen LogP contribution in [0.2, 0.25) is 5.28 Å². The van der Waals surface area contributed by atoms with E-state index in [0.29, 0.717) is 12.1 Å². The second kappa shape index (κ2) is 9.76. The minimum Gasteiger partial charge on any atom is -0.446 e. The first-order valence-corrected chi connectivity index (χ1v) is 13.8. The number of aliphatic hydroxyl groups excluding tert-OH is 2. The Hall–Kier alpha value is -1.90. The maximum atomic E-state index is 12.7. The average Bonchev–Trinajstić information content (AvgIpc) is 3.38. The summed E-state index contributed by atoms with van der Waals surface area (Å²) in [5.41, 5.74) is 0.276. The van der Waals surface area contributed by atoms with Gasteiger partial charge in [-0.3, -0.25) is 14.4 Å². The second-order valence-corrected chi connectivity index (χ2v) is 11.7. The van der Waals surface area contributed by atoms with Crippen molar-refractivity contribution in [3.8, 4) is 0 Å². The summed E-state index contributed by atoms with van der Waals surface area (Å²) >= 11 is 6.09.